The van der Waals surface area contributed by atoms with E-state index in [1.807, 2.05) is 0 Å². The summed E-state index contributed by atoms with van der Waals surface area (Å²) in [6.45, 7) is 0. The van der Waals surface area contributed by atoms with Crippen LogP contribution < -0.4 is 11.5 Å². The van der Waals surface area contributed by atoms with Crippen LogP contribution in [0.15, 0.2) is 18.2 Å². The van der Waals surface area contributed by atoms with E-state index in [1.165, 1.54) is 18.2 Å². The normalized spacial score (nSPS) is 10.6. The molecule has 1 amide bonds. The number of benzene rings is 1. The first-order valence-electron chi connectivity index (χ1n) is 3.86. The van der Waals surface area contributed by atoms with Gasteiger partial charge in [-0.3, -0.25) is 4.79 Å². The Kier molecular flexibility index (Phi) is 1.57. The van der Waals surface area contributed by atoms with Gasteiger partial charge in [0.25, 0.3) is 0 Å². The summed E-state index contributed by atoms with van der Waals surface area (Å²) in [7, 11) is 0. The average molecular weight is 192 g/mol. The minimum atomic E-state index is -0.544. The summed E-state index contributed by atoms with van der Waals surface area (Å²) in [5.74, 6) is -0.570. The highest BCUT2D eigenvalue weighted by Crippen LogP contribution is 2.17. The Bertz CT molecular complexity index is 517. The number of hydrogen-bond acceptors (Lipinski definition) is 4. The number of nitrogen functional groups attached to an aromatic ring is 1. The van der Waals surface area contributed by atoms with Gasteiger partial charge in [0.2, 0.25) is 11.9 Å². The lowest BCUT2D eigenvalue weighted by atomic mass is 10.2. The quantitative estimate of drug-likeness (QED) is 0.550. The van der Waals surface area contributed by atoms with E-state index in [1.54, 1.807) is 0 Å². The van der Waals surface area contributed by atoms with Gasteiger partial charge in [0.05, 0.1) is 5.52 Å². The Morgan fingerprint density at radius 1 is 1.50 bits per heavy atom. The molecule has 1 aromatic carbocycles. The lowest BCUT2D eigenvalue weighted by Gasteiger charge is -1.95. The van der Waals surface area contributed by atoms with Crippen molar-refractivity contribution in [2.24, 2.45) is 5.73 Å². The first kappa shape index (κ1) is 8.36. The zero-order valence-corrected chi connectivity index (χ0v) is 7.14. The van der Waals surface area contributed by atoms with Crippen LogP contribution >= 0.6 is 0 Å². The SMILES string of the molecule is NC(=O)c1ccc2c(c1)nc(N)n2O. The molecular weight excluding hydrogens is 184 g/mol. The zero-order valence-electron chi connectivity index (χ0n) is 7.14. The molecule has 0 atom stereocenters. The van der Waals surface area contributed by atoms with Crippen LogP contribution in [0.4, 0.5) is 5.95 Å². The summed E-state index contributed by atoms with van der Waals surface area (Å²) in [4.78, 5) is 14.7. The number of nitrogens with two attached hydrogens (primary N) is 2. The summed E-state index contributed by atoms with van der Waals surface area (Å²) < 4.78 is 0.750. The minimum Gasteiger partial charge on any atom is -0.425 e. The molecule has 1 heterocycles. The fraction of sp³-hybridized carbons (Fsp3) is 0. The molecule has 0 aliphatic heterocycles. The van der Waals surface area contributed by atoms with Crippen molar-refractivity contribution in [2.45, 2.75) is 0 Å². The van der Waals surface area contributed by atoms with Gasteiger partial charge in [-0.15, -0.1) is 4.73 Å². The number of fused-ring (bicyclic) bond motifs is 1. The molecule has 0 radical (unpaired) electrons. The van der Waals surface area contributed by atoms with Crippen LogP contribution in [-0.2, 0) is 0 Å². The van der Waals surface area contributed by atoms with Crippen LogP contribution in [0.2, 0.25) is 0 Å². The third-order valence-electron chi connectivity index (χ3n) is 1.94. The van der Waals surface area contributed by atoms with Gasteiger partial charge in [-0.05, 0) is 18.2 Å². The third-order valence-corrected chi connectivity index (χ3v) is 1.94. The van der Waals surface area contributed by atoms with Crippen molar-refractivity contribution >= 4 is 22.9 Å². The molecule has 72 valence electrons. The molecular formula is C8H8N4O2. The van der Waals surface area contributed by atoms with E-state index in [4.69, 9.17) is 11.5 Å². The second-order valence-electron chi connectivity index (χ2n) is 2.85. The fourth-order valence-corrected chi connectivity index (χ4v) is 1.24. The lowest BCUT2D eigenvalue weighted by molar-refractivity contribution is 0.100. The third kappa shape index (κ3) is 1.05. The Labute approximate surface area is 78.7 Å². The number of nitrogens with zero attached hydrogens (tertiary/aromatic N) is 2. The largest absolute Gasteiger partial charge is 0.425 e. The van der Waals surface area contributed by atoms with Gasteiger partial charge in [0, 0.05) is 5.56 Å². The molecule has 0 spiro atoms. The van der Waals surface area contributed by atoms with Gasteiger partial charge in [-0.1, -0.05) is 0 Å². The molecule has 6 heteroatoms. The molecule has 1 aromatic heterocycles. The Balaban J connectivity index is 2.73. The molecule has 0 saturated carbocycles. The maximum Gasteiger partial charge on any atom is 0.248 e. The lowest BCUT2D eigenvalue weighted by Crippen LogP contribution is -2.10. The first-order chi connectivity index (χ1) is 6.59. The van der Waals surface area contributed by atoms with Crippen LogP contribution in [0, 0.1) is 0 Å². The highest BCUT2D eigenvalue weighted by Gasteiger charge is 2.08. The molecule has 0 fully saturated rings. The van der Waals surface area contributed by atoms with E-state index in [2.05, 4.69) is 4.98 Å². The Hall–Kier alpha value is -2.24. The molecule has 2 aromatic rings. The van der Waals surface area contributed by atoms with Gasteiger partial charge in [0.15, 0.2) is 0 Å². The standard InChI is InChI=1S/C8H8N4O2/c9-7(13)4-1-2-6-5(3-4)11-8(10)12(6)14/h1-3,14H,(H2,9,13)(H2,10,11). The van der Waals surface area contributed by atoms with Crippen LogP contribution in [-0.4, -0.2) is 20.8 Å². The molecule has 14 heavy (non-hydrogen) atoms. The summed E-state index contributed by atoms with van der Waals surface area (Å²) in [6.07, 6.45) is 0. The van der Waals surface area contributed by atoms with E-state index in [0.29, 0.717) is 16.6 Å². The highest BCUT2D eigenvalue weighted by molar-refractivity contribution is 5.96. The summed E-state index contributed by atoms with van der Waals surface area (Å²) in [6, 6.07) is 4.50. The number of anilines is 1. The Morgan fingerprint density at radius 3 is 2.86 bits per heavy atom. The molecule has 2 rings (SSSR count). The van der Waals surface area contributed by atoms with Gasteiger partial charge < -0.3 is 16.7 Å². The topological polar surface area (TPSA) is 107 Å². The molecule has 0 saturated heterocycles. The zero-order chi connectivity index (χ0) is 10.3. The first-order valence-corrected chi connectivity index (χ1v) is 3.86. The van der Waals surface area contributed by atoms with E-state index in [9.17, 15) is 10.0 Å². The molecule has 5 N–H and O–H groups in total. The number of hydrogen-bond donors (Lipinski definition) is 3. The second-order valence-corrected chi connectivity index (χ2v) is 2.85. The van der Waals surface area contributed by atoms with Crippen molar-refractivity contribution in [3.05, 3.63) is 23.8 Å². The molecule has 0 aliphatic carbocycles. The van der Waals surface area contributed by atoms with Gasteiger partial charge in [-0.25, -0.2) is 4.98 Å². The van der Waals surface area contributed by atoms with Crippen molar-refractivity contribution in [3.8, 4) is 0 Å². The van der Waals surface area contributed by atoms with Crippen molar-refractivity contribution in [1.29, 1.82) is 0 Å². The summed E-state index contributed by atoms with van der Waals surface area (Å²) in [5.41, 5.74) is 11.6. The van der Waals surface area contributed by atoms with Gasteiger partial charge in [0.1, 0.15) is 5.52 Å². The Morgan fingerprint density at radius 2 is 2.21 bits per heavy atom. The molecule has 0 unspecified atom stereocenters. The van der Waals surface area contributed by atoms with E-state index < -0.39 is 5.91 Å². The number of carbonyl (C=O) groups excluding carboxylic acids is 1. The van der Waals surface area contributed by atoms with Crippen molar-refractivity contribution < 1.29 is 10.0 Å². The van der Waals surface area contributed by atoms with E-state index in [0.717, 1.165) is 4.73 Å². The minimum absolute atomic E-state index is 0.0263. The van der Waals surface area contributed by atoms with Gasteiger partial charge in [-0.2, -0.15) is 0 Å². The number of rotatable bonds is 1. The highest BCUT2D eigenvalue weighted by atomic mass is 16.5. The number of carbonyl (C=O) groups is 1. The summed E-state index contributed by atoms with van der Waals surface area (Å²) >= 11 is 0. The van der Waals surface area contributed by atoms with Crippen LogP contribution in [0.5, 0.6) is 0 Å². The fourth-order valence-electron chi connectivity index (χ4n) is 1.24. The predicted octanol–water partition coefficient (Wildman–Crippen LogP) is -0.0453. The number of aromatic nitrogens is 2. The van der Waals surface area contributed by atoms with Crippen LogP contribution in [0.1, 0.15) is 10.4 Å². The van der Waals surface area contributed by atoms with Crippen molar-refractivity contribution in [1.82, 2.24) is 9.71 Å². The van der Waals surface area contributed by atoms with Crippen molar-refractivity contribution in [2.75, 3.05) is 5.73 Å². The van der Waals surface area contributed by atoms with E-state index in [-0.39, 0.29) is 5.95 Å². The van der Waals surface area contributed by atoms with Crippen LogP contribution in [0.25, 0.3) is 11.0 Å². The van der Waals surface area contributed by atoms with E-state index >= 15 is 0 Å². The number of amides is 1. The molecule has 0 bridgehead atoms. The maximum atomic E-state index is 10.8. The second kappa shape index (κ2) is 2.63. The number of imidazole rings is 1. The molecule has 0 aliphatic rings. The number of primary amides is 1. The average Bonchev–Trinajstić information content (AvgIpc) is 2.42. The van der Waals surface area contributed by atoms with Crippen molar-refractivity contribution in [3.63, 3.8) is 0 Å². The van der Waals surface area contributed by atoms with Crippen LogP contribution in [0.3, 0.4) is 0 Å². The maximum absolute atomic E-state index is 10.8. The predicted molar refractivity (Wildman–Crippen MR) is 49.8 cm³/mol. The summed E-state index contributed by atoms with van der Waals surface area (Å²) in [5, 5.41) is 9.34. The smallest absolute Gasteiger partial charge is 0.248 e. The monoisotopic (exact) mass is 192 g/mol. The molecule has 6 nitrogen and oxygen atoms in total. The van der Waals surface area contributed by atoms with Gasteiger partial charge >= 0.3 is 0 Å².